The molecular weight excluding hydrogens is 1670 g/mol. The molecule has 0 unspecified atom stereocenters. The third kappa shape index (κ3) is 18.4. The Hall–Kier alpha value is -2.74. The summed E-state index contributed by atoms with van der Waals surface area (Å²) in [4.78, 5) is 28.8. The molecule has 2 fully saturated rings. The number of ketones is 1. The fraction of sp³-hybridized carbons (Fsp3) is 0.293. The van der Waals surface area contributed by atoms with Gasteiger partial charge in [0.25, 0.3) is 0 Å². The first-order valence-electron chi connectivity index (χ1n) is 25.5. The van der Waals surface area contributed by atoms with Gasteiger partial charge in [-0.25, -0.2) is 9.97 Å². The number of nitrogens with one attached hydrogen (secondary N) is 3. The second-order valence-electron chi connectivity index (χ2n) is 20.3. The predicted molar refractivity (Wildman–Crippen MR) is 305 cm³/mol. The fourth-order valence-electron chi connectivity index (χ4n) is 9.60. The minimum Gasteiger partial charge on any atom is -0.870 e. The van der Waals surface area contributed by atoms with E-state index in [1.807, 2.05) is 59.0 Å². The van der Waals surface area contributed by atoms with E-state index in [4.69, 9.17) is 26.2 Å². The molecule has 12 rings (SSSR count). The van der Waals surface area contributed by atoms with E-state index in [-0.39, 0.29) is 187 Å². The number of nitrogens with two attached hydrogens (primary N) is 1. The van der Waals surface area contributed by atoms with Gasteiger partial charge < -0.3 is 27.2 Å². The first-order chi connectivity index (χ1) is 36.5. The maximum atomic E-state index is 10.2. The quantitative estimate of drug-likeness (QED) is 0.0393. The van der Waals surface area contributed by atoms with Crippen LogP contribution in [0.5, 0.6) is 0 Å². The summed E-state index contributed by atoms with van der Waals surface area (Å²) >= 11 is 0. The van der Waals surface area contributed by atoms with Crippen molar-refractivity contribution in [2.75, 3.05) is 23.7 Å². The molecule has 0 saturated heterocycles. The molecule has 10 aromatic rings. The van der Waals surface area contributed by atoms with Crippen LogP contribution in [0, 0.1) is 132 Å². The van der Waals surface area contributed by atoms with Crippen LogP contribution in [0.15, 0.2) is 147 Å². The summed E-state index contributed by atoms with van der Waals surface area (Å²) in [6.45, 7) is 9.78. The second kappa shape index (κ2) is 34.4. The molecular formula is C58H65Ac3BN14NaO4. The summed E-state index contributed by atoms with van der Waals surface area (Å²) < 4.78 is 3.85. The minimum absolute atomic E-state index is 0. The average Bonchev–Trinajstić information content (AvgIpc) is 4.44. The fourth-order valence-corrected chi connectivity index (χ4v) is 9.60. The van der Waals surface area contributed by atoms with E-state index in [0.29, 0.717) is 24.3 Å². The van der Waals surface area contributed by atoms with Crippen molar-refractivity contribution in [2.24, 2.45) is 5.73 Å². The van der Waals surface area contributed by atoms with Crippen molar-refractivity contribution in [3.63, 3.8) is 0 Å². The zero-order valence-corrected chi connectivity index (χ0v) is 62.9. The molecule has 0 atom stereocenters. The number of anilines is 2. The van der Waals surface area contributed by atoms with Crippen molar-refractivity contribution in [3.05, 3.63) is 147 Å². The monoisotopic (exact) mass is 1740 g/mol. The number of nitrogens with zero attached hydrogens (tertiary/aromatic N) is 10. The van der Waals surface area contributed by atoms with Gasteiger partial charge in [0.15, 0.2) is 11.3 Å². The molecule has 18 nitrogen and oxygen atoms in total. The zero-order chi connectivity index (χ0) is 52.4. The third-order valence-corrected chi connectivity index (χ3v) is 13.7. The molecule has 81 heavy (non-hydrogen) atoms. The Kier molecular flexibility index (Phi) is 30.8. The van der Waals surface area contributed by atoms with Crippen molar-refractivity contribution in [3.8, 4) is 44.8 Å². The van der Waals surface area contributed by atoms with Gasteiger partial charge in [-0.2, -0.15) is 0 Å². The summed E-state index contributed by atoms with van der Waals surface area (Å²) in [6.07, 6.45) is 19.7. The predicted octanol–water partition coefficient (Wildman–Crippen LogP) is 7.48. The summed E-state index contributed by atoms with van der Waals surface area (Å²) in [7, 11) is 0. The van der Waals surface area contributed by atoms with E-state index in [1.54, 1.807) is 37.4 Å². The number of carbonyl (C=O) groups excluding carboxylic acids is 1. The van der Waals surface area contributed by atoms with Crippen LogP contribution in [-0.2, 0) is 4.79 Å². The molecule has 2 aliphatic rings. The van der Waals surface area contributed by atoms with Gasteiger partial charge in [0.2, 0.25) is 11.9 Å². The largest absolute Gasteiger partial charge is 1.00 e. The first kappa shape index (κ1) is 72.5. The molecule has 23 heteroatoms. The van der Waals surface area contributed by atoms with Gasteiger partial charge in [0, 0.05) is 220 Å². The van der Waals surface area contributed by atoms with Gasteiger partial charge in [0.1, 0.15) is 18.4 Å². The summed E-state index contributed by atoms with van der Waals surface area (Å²) in [5.74, 6) is 1.83. The molecule has 404 valence electrons. The Balaban J connectivity index is 0.000000354. The minimum atomic E-state index is -0.343. The summed E-state index contributed by atoms with van der Waals surface area (Å²) in [6, 6.07) is 38.1. The van der Waals surface area contributed by atoms with Crippen molar-refractivity contribution < 1.29 is 183 Å². The molecule has 0 spiro atoms. The number of carbonyl (C=O) groups is 1. The van der Waals surface area contributed by atoms with Gasteiger partial charge >= 0.3 is 29.6 Å². The van der Waals surface area contributed by atoms with Gasteiger partial charge in [0.05, 0.1) is 22.5 Å². The topological polar surface area (TPSA) is 262 Å². The van der Waals surface area contributed by atoms with E-state index in [2.05, 4.69) is 133 Å². The number of benzene rings is 4. The van der Waals surface area contributed by atoms with Gasteiger partial charge in [-0.1, -0.05) is 85.6 Å². The Morgan fingerprint density at radius 2 is 0.988 bits per heavy atom. The SMILES string of the molecule is CC(C)(CN)Nc1nc(-c2ccncc2)c(-c2ccc3ccccc3c2)c2nncn12.CC(C)(CNC1CCCC1)Nc1nc(-c2ccncc2)c(-c2ccc3ccccc3c2)c2nncn12.O=C1CCCC1.OO.[Ac].[Ac].[Ac].[B].[Na+].[OH-]. The molecule has 2 aliphatic carbocycles. The first-order valence-corrected chi connectivity index (χ1v) is 25.5. The van der Waals surface area contributed by atoms with Crippen LogP contribution < -0.4 is 51.2 Å². The van der Waals surface area contributed by atoms with Crippen LogP contribution in [-0.4, -0.2) is 110 Å². The number of hydrogen-bond donors (Lipinski definition) is 6. The smallest absolute Gasteiger partial charge is 0.870 e. The number of hydrogen-bond acceptors (Lipinski definition) is 16. The average molecular weight is 1740 g/mol. The van der Waals surface area contributed by atoms with Gasteiger partial charge in [-0.05, 0) is 122 Å². The summed E-state index contributed by atoms with van der Waals surface area (Å²) in [5, 5.41) is 45.1. The van der Waals surface area contributed by atoms with E-state index >= 15 is 0 Å². The molecule has 0 bridgehead atoms. The molecule has 6 radical (unpaired) electrons. The number of pyridine rings is 2. The van der Waals surface area contributed by atoms with Gasteiger partial charge in [-0.3, -0.25) is 34.1 Å². The Bertz CT molecular complexity index is 3550. The van der Waals surface area contributed by atoms with Gasteiger partial charge in [-0.15, -0.1) is 20.4 Å². The number of aromatic nitrogens is 10. The van der Waals surface area contributed by atoms with E-state index in [1.165, 1.54) is 41.8 Å². The van der Waals surface area contributed by atoms with Crippen LogP contribution in [0.25, 0.3) is 77.6 Å². The molecule has 0 amide bonds. The maximum absolute atomic E-state index is 10.2. The second-order valence-corrected chi connectivity index (χ2v) is 20.3. The normalized spacial score (nSPS) is 12.8. The Morgan fingerprint density at radius 1 is 0.580 bits per heavy atom. The van der Waals surface area contributed by atoms with Crippen LogP contribution in [0.1, 0.15) is 79.1 Å². The molecule has 8 N–H and O–H groups in total. The molecule has 0 aliphatic heterocycles. The van der Waals surface area contributed by atoms with Crippen LogP contribution in [0.4, 0.5) is 11.9 Å². The molecule has 2 saturated carbocycles. The molecule has 6 aromatic heterocycles. The van der Waals surface area contributed by atoms with Crippen molar-refractivity contribution >= 4 is 58.9 Å². The zero-order valence-electron chi connectivity index (χ0n) is 46.6. The number of rotatable bonds is 12. The van der Waals surface area contributed by atoms with E-state index < -0.39 is 0 Å². The van der Waals surface area contributed by atoms with Crippen molar-refractivity contribution in [1.82, 2.24) is 54.4 Å². The van der Waals surface area contributed by atoms with E-state index in [0.717, 1.165) is 99.6 Å². The molecule has 4 aromatic carbocycles. The molecule has 6 heterocycles. The third-order valence-electron chi connectivity index (χ3n) is 13.7. The summed E-state index contributed by atoms with van der Waals surface area (Å²) in [5.41, 5.74) is 14.5. The van der Waals surface area contributed by atoms with Crippen molar-refractivity contribution in [2.45, 2.75) is 96.2 Å². The maximum Gasteiger partial charge on any atom is 1.00 e. The Morgan fingerprint density at radius 3 is 1.38 bits per heavy atom. The number of Topliss-reactive ketones (excluding diaryl/α,β-unsaturated/α-hetero) is 1. The van der Waals surface area contributed by atoms with Crippen LogP contribution in [0.3, 0.4) is 0 Å². The van der Waals surface area contributed by atoms with E-state index in [9.17, 15) is 4.79 Å². The Labute approximate surface area is 604 Å². The number of fused-ring (bicyclic) bond motifs is 4. The van der Waals surface area contributed by atoms with Crippen LogP contribution in [0.2, 0.25) is 0 Å². The van der Waals surface area contributed by atoms with Crippen LogP contribution >= 0.6 is 0 Å². The van der Waals surface area contributed by atoms with Crippen molar-refractivity contribution in [1.29, 1.82) is 0 Å². The standard InChI is InChI=1S/C29H31N7.C24H23N7.C5H8O.3Ac.B.Na.H2O2.H2O/c1-29(2,18-31-24-9-5-6-10-24)34-28-33-26(21-13-15-30-16-14-21)25(27-35-32-19-36(27)28)23-12-11-20-7-3-4-8-22(20)17-23;1-24(2,14-25)29-23-28-21(17-9-11-26-12-10-17)20(22-30-27-15-31(22)23)19-8-7-16-5-3-4-6-18(16)13-19;6-5-3-1-2-4-5;;;;;;1-2;/h3-4,7-8,11-17,19,24,31H,5-6,9-10,18H2,1-2H3,(H,33,34);3-13,15H,14,25H2,1-2H3,(H,28,29);1-4H2;;;;;;1-2H;1H2/q;;;;;;;+1;;/p-1.